The number of anilines is 1. The van der Waals surface area contributed by atoms with Gasteiger partial charge in [0.05, 0.1) is 17.8 Å². The SMILES string of the molecule is OCCN(c1ccnc2cc(Br)cnc12)C1CCC1. The maximum Gasteiger partial charge on any atom is 0.112 e. The summed E-state index contributed by atoms with van der Waals surface area (Å²) < 4.78 is 0.932. The molecular formula is C14H16BrN3O. The van der Waals surface area contributed by atoms with Crippen molar-refractivity contribution in [1.82, 2.24) is 9.97 Å². The van der Waals surface area contributed by atoms with Gasteiger partial charge in [0.2, 0.25) is 0 Å². The Bertz CT molecular complexity index is 586. The van der Waals surface area contributed by atoms with Gasteiger partial charge in [0.1, 0.15) is 5.52 Å². The summed E-state index contributed by atoms with van der Waals surface area (Å²) in [5.41, 5.74) is 2.87. The van der Waals surface area contributed by atoms with Crippen LogP contribution < -0.4 is 4.90 Å². The highest BCUT2D eigenvalue weighted by molar-refractivity contribution is 9.10. The summed E-state index contributed by atoms with van der Waals surface area (Å²) in [5.74, 6) is 0. The van der Waals surface area contributed by atoms with E-state index in [0.29, 0.717) is 12.6 Å². The number of aromatic nitrogens is 2. The van der Waals surface area contributed by atoms with E-state index in [1.807, 2.05) is 18.3 Å². The first-order valence-electron chi connectivity index (χ1n) is 6.57. The number of pyridine rings is 2. The number of aliphatic hydroxyl groups is 1. The predicted octanol–water partition coefficient (Wildman–Crippen LogP) is 2.74. The van der Waals surface area contributed by atoms with Gasteiger partial charge in [-0.25, -0.2) is 0 Å². The van der Waals surface area contributed by atoms with E-state index in [9.17, 15) is 5.11 Å². The average Bonchev–Trinajstić information content (AvgIpc) is 2.35. The smallest absolute Gasteiger partial charge is 0.112 e. The Morgan fingerprint density at radius 1 is 1.37 bits per heavy atom. The lowest BCUT2D eigenvalue weighted by Crippen LogP contribution is -2.42. The fourth-order valence-electron chi connectivity index (χ4n) is 2.53. The summed E-state index contributed by atoms with van der Waals surface area (Å²) >= 11 is 3.42. The first kappa shape index (κ1) is 12.8. The number of halogens is 1. The quantitative estimate of drug-likeness (QED) is 0.940. The molecule has 0 unspecified atom stereocenters. The molecule has 0 aliphatic heterocycles. The van der Waals surface area contributed by atoms with Gasteiger partial charge in [0, 0.05) is 29.5 Å². The number of hydrogen-bond donors (Lipinski definition) is 1. The average molecular weight is 322 g/mol. The van der Waals surface area contributed by atoms with Crippen molar-refractivity contribution in [2.24, 2.45) is 0 Å². The molecular weight excluding hydrogens is 306 g/mol. The molecule has 2 heterocycles. The fraction of sp³-hybridized carbons (Fsp3) is 0.429. The maximum absolute atomic E-state index is 9.30. The standard InChI is InChI=1S/C14H16BrN3O/c15-10-8-12-14(17-9-10)13(4-5-16-12)18(6-7-19)11-2-1-3-11/h4-5,8-9,11,19H,1-3,6-7H2. The minimum absolute atomic E-state index is 0.164. The van der Waals surface area contributed by atoms with Crippen LogP contribution in [0.15, 0.2) is 29.0 Å². The fourth-order valence-corrected chi connectivity index (χ4v) is 2.85. The minimum Gasteiger partial charge on any atom is -0.395 e. The molecule has 2 aromatic heterocycles. The van der Waals surface area contributed by atoms with Crippen molar-refractivity contribution in [3.8, 4) is 0 Å². The highest BCUT2D eigenvalue weighted by Gasteiger charge is 2.26. The third-order valence-electron chi connectivity index (χ3n) is 3.69. The van der Waals surface area contributed by atoms with Gasteiger partial charge < -0.3 is 10.0 Å². The summed E-state index contributed by atoms with van der Waals surface area (Å²) in [6, 6.07) is 4.50. The van der Waals surface area contributed by atoms with E-state index in [0.717, 1.165) is 21.2 Å². The molecule has 3 rings (SSSR count). The van der Waals surface area contributed by atoms with Crippen molar-refractivity contribution >= 4 is 32.7 Å². The molecule has 1 saturated carbocycles. The van der Waals surface area contributed by atoms with Crippen LogP contribution in [-0.2, 0) is 0 Å². The molecule has 4 nitrogen and oxygen atoms in total. The Kier molecular flexibility index (Phi) is 3.66. The molecule has 0 saturated heterocycles. The Morgan fingerprint density at radius 2 is 2.21 bits per heavy atom. The van der Waals surface area contributed by atoms with E-state index in [-0.39, 0.29) is 6.61 Å². The molecule has 1 fully saturated rings. The summed E-state index contributed by atoms with van der Waals surface area (Å²) in [7, 11) is 0. The van der Waals surface area contributed by atoms with Gasteiger partial charge in [-0.05, 0) is 47.3 Å². The molecule has 2 aromatic rings. The molecule has 0 spiro atoms. The lowest BCUT2D eigenvalue weighted by molar-refractivity contribution is 0.284. The summed E-state index contributed by atoms with van der Waals surface area (Å²) in [6.07, 6.45) is 7.27. The topological polar surface area (TPSA) is 49.2 Å². The number of hydrogen-bond acceptors (Lipinski definition) is 4. The number of fused-ring (bicyclic) bond motifs is 1. The molecule has 19 heavy (non-hydrogen) atoms. The lowest BCUT2D eigenvalue weighted by Gasteiger charge is -2.39. The second kappa shape index (κ2) is 5.43. The third-order valence-corrected chi connectivity index (χ3v) is 4.12. The molecule has 0 radical (unpaired) electrons. The maximum atomic E-state index is 9.30. The van der Waals surface area contributed by atoms with Gasteiger partial charge in [-0.1, -0.05) is 0 Å². The second-order valence-corrected chi connectivity index (χ2v) is 5.77. The first-order chi connectivity index (χ1) is 9.29. The van der Waals surface area contributed by atoms with E-state index in [2.05, 4.69) is 30.8 Å². The van der Waals surface area contributed by atoms with Gasteiger partial charge in [0.25, 0.3) is 0 Å². The highest BCUT2D eigenvalue weighted by atomic mass is 79.9. The van der Waals surface area contributed by atoms with Crippen LogP contribution in [0.25, 0.3) is 11.0 Å². The molecule has 1 N–H and O–H groups in total. The molecule has 5 heteroatoms. The van der Waals surface area contributed by atoms with Crippen LogP contribution in [0, 0.1) is 0 Å². The number of aliphatic hydroxyl groups excluding tert-OH is 1. The predicted molar refractivity (Wildman–Crippen MR) is 79.3 cm³/mol. The number of nitrogens with zero attached hydrogens (tertiary/aromatic N) is 3. The van der Waals surface area contributed by atoms with Gasteiger partial charge in [0.15, 0.2) is 0 Å². The zero-order chi connectivity index (χ0) is 13.2. The largest absolute Gasteiger partial charge is 0.395 e. The van der Waals surface area contributed by atoms with Gasteiger partial charge >= 0.3 is 0 Å². The van der Waals surface area contributed by atoms with Crippen molar-refractivity contribution in [1.29, 1.82) is 0 Å². The Labute approximate surface area is 120 Å². The Balaban J connectivity index is 2.06. The normalized spacial score (nSPS) is 15.5. The van der Waals surface area contributed by atoms with Crippen LogP contribution in [0.4, 0.5) is 5.69 Å². The lowest BCUT2D eigenvalue weighted by atomic mass is 9.91. The minimum atomic E-state index is 0.164. The zero-order valence-electron chi connectivity index (χ0n) is 10.6. The van der Waals surface area contributed by atoms with Gasteiger partial charge in [-0.2, -0.15) is 0 Å². The molecule has 1 aliphatic carbocycles. The van der Waals surface area contributed by atoms with Crippen LogP contribution in [0.2, 0.25) is 0 Å². The van der Waals surface area contributed by atoms with E-state index in [1.165, 1.54) is 19.3 Å². The van der Waals surface area contributed by atoms with Crippen LogP contribution in [0.1, 0.15) is 19.3 Å². The zero-order valence-corrected chi connectivity index (χ0v) is 12.2. The van der Waals surface area contributed by atoms with Crippen LogP contribution >= 0.6 is 15.9 Å². The van der Waals surface area contributed by atoms with Crippen molar-refractivity contribution < 1.29 is 5.11 Å². The van der Waals surface area contributed by atoms with Crippen molar-refractivity contribution in [2.75, 3.05) is 18.1 Å². The monoisotopic (exact) mass is 321 g/mol. The second-order valence-electron chi connectivity index (χ2n) is 4.85. The molecule has 0 aromatic carbocycles. The molecule has 0 amide bonds. The van der Waals surface area contributed by atoms with Crippen LogP contribution in [0.5, 0.6) is 0 Å². The molecule has 0 bridgehead atoms. The summed E-state index contributed by atoms with van der Waals surface area (Å²) in [6.45, 7) is 0.818. The van der Waals surface area contributed by atoms with E-state index in [1.54, 1.807) is 6.20 Å². The van der Waals surface area contributed by atoms with Crippen molar-refractivity contribution in [3.63, 3.8) is 0 Å². The molecule has 1 aliphatic rings. The van der Waals surface area contributed by atoms with Crippen LogP contribution in [0.3, 0.4) is 0 Å². The van der Waals surface area contributed by atoms with Gasteiger partial charge in [-0.3, -0.25) is 9.97 Å². The molecule has 0 atom stereocenters. The van der Waals surface area contributed by atoms with E-state index < -0.39 is 0 Å². The first-order valence-corrected chi connectivity index (χ1v) is 7.36. The van der Waals surface area contributed by atoms with E-state index in [4.69, 9.17) is 0 Å². The van der Waals surface area contributed by atoms with E-state index >= 15 is 0 Å². The summed E-state index contributed by atoms with van der Waals surface area (Å²) in [5, 5.41) is 9.30. The summed E-state index contributed by atoms with van der Waals surface area (Å²) in [4.78, 5) is 11.1. The molecule has 100 valence electrons. The third kappa shape index (κ3) is 2.44. The van der Waals surface area contributed by atoms with Crippen molar-refractivity contribution in [2.45, 2.75) is 25.3 Å². The van der Waals surface area contributed by atoms with Gasteiger partial charge in [-0.15, -0.1) is 0 Å². The van der Waals surface area contributed by atoms with Crippen LogP contribution in [-0.4, -0.2) is 34.3 Å². The number of rotatable bonds is 4. The van der Waals surface area contributed by atoms with Crippen molar-refractivity contribution in [3.05, 3.63) is 29.0 Å². The highest BCUT2D eigenvalue weighted by Crippen LogP contribution is 2.32. The Morgan fingerprint density at radius 3 is 2.89 bits per heavy atom. The Hall–Kier alpha value is -1.20.